The highest BCUT2D eigenvalue weighted by atomic mass is 32.2. The molecule has 1 aromatic carbocycles. The van der Waals surface area contributed by atoms with Gasteiger partial charge in [-0.05, 0) is 48.5 Å². The van der Waals surface area contributed by atoms with Crippen molar-refractivity contribution in [2.75, 3.05) is 23.4 Å². The molecule has 0 radical (unpaired) electrons. The molecule has 1 aliphatic rings. The van der Waals surface area contributed by atoms with E-state index in [1.807, 2.05) is 18.7 Å². The molecule has 100 valence electrons. The standard InChI is InChI=1S/C12H18N2O2S2/c1-9-2-3-11(18(13,15)16)6-12(9)14-7-10-4-5-17-8-10/h2-3,6,10,14H,4-5,7-8H2,1H3,(H2,13,15,16). The number of rotatable bonds is 4. The highest BCUT2D eigenvalue weighted by Gasteiger charge is 2.16. The second-order valence-corrected chi connectivity index (χ2v) is 7.34. The molecule has 0 aliphatic carbocycles. The Labute approximate surface area is 112 Å². The van der Waals surface area contributed by atoms with Crippen molar-refractivity contribution in [2.24, 2.45) is 11.1 Å². The first-order valence-electron chi connectivity index (χ1n) is 5.92. The molecule has 0 spiro atoms. The predicted octanol–water partition coefficient (Wildman–Crippen LogP) is 1.81. The molecule has 0 amide bonds. The van der Waals surface area contributed by atoms with Crippen LogP contribution in [0.4, 0.5) is 5.69 Å². The molecular weight excluding hydrogens is 268 g/mol. The van der Waals surface area contributed by atoms with Gasteiger partial charge in [-0.25, -0.2) is 13.6 Å². The number of primary sulfonamides is 1. The van der Waals surface area contributed by atoms with Crippen molar-refractivity contribution >= 4 is 27.5 Å². The van der Waals surface area contributed by atoms with Crippen molar-refractivity contribution in [3.8, 4) is 0 Å². The summed E-state index contributed by atoms with van der Waals surface area (Å²) in [5, 5.41) is 8.47. The van der Waals surface area contributed by atoms with Crippen molar-refractivity contribution in [3.63, 3.8) is 0 Å². The van der Waals surface area contributed by atoms with Gasteiger partial charge in [0.15, 0.2) is 0 Å². The lowest BCUT2D eigenvalue weighted by Gasteiger charge is -2.14. The number of hydrogen-bond donors (Lipinski definition) is 2. The van der Waals surface area contributed by atoms with E-state index in [1.54, 1.807) is 18.2 Å². The number of thioether (sulfide) groups is 1. The summed E-state index contributed by atoms with van der Waals surface area (Å²) in [6, 6.07) is 4.94. The predicted molar refractivity (Wildman–Crippen MR) is 76.5 cm³/mol. The van der Waals surface area contributed by atoms with Gasteiger partial charge in [-0.15, -0.1) is 0 Å². The van der Waals surface area contributed by atoms with Gasteiger partial charge in [-0.3, -0.25) is 0 Å². The van der Waals surface area contributed by atoms with E-state index in [4.69, 9.17) is 5.14 Å². The number of hydrogen-bond acceptors (Lipinski definition) is 4. The van der Waals surface area contributed by atoms with Crippen LogP contribution in [0.1, 0.15) is 12.0 Å². The summed E-state index contributed by atoms with van der Waals surface area (Å²) >= 11 is 1.97. The molecule has 1 fully saturated rings. The molecule has 3 N–H and O–H groups in total. The molecule has 1 aliphatic heterocycles. The molecule has 0 saturated carbocycles. The summed E-state index contributed by atoms with van der Waals surface area (Å²) < 4.78 is 22.6. The largest absolute Gasteiger partial charge is 0.384 e. The van der Waals surface area contributed by atoms with Gasteiger partial charge in [-0.1, -0.05) is 6.07 Å². The maximum absolute atomic E-state index is 11.3. The van der Waals surface area contributed by atoms with Gasteiger partial charge in [0.2, 0.25) is 10.0 Å². The van der Waals surface area contributed by atoms with Crippen LogP contribution in [-0.4, -0.2) is 26.5 Å². The smallest absolute Gasteiger partial charge is 0.238 e. The molecule has 4 nitrogen and oxygen atoms in total. The Kier molecular flexibility index (Phi) is 4.19. The van der Waals surface area contributed by atoms with E-state index in [0.29, 0.717) is 5.92 Å². The van der Waals surface area contributed by atoms with E-state index in [-0.39, 0.29) is 4.90 Å². The van der Waals surface area contributed by atoms with E-state index >= 15 is 0 Å². The monoisotopic (exact) mass is 286 g/mol. The number of aryl methyl sites for hydroxylation is 1. The topological polar surface area (TPSA) is 72.2 Å². The van der Waals surface area contributed by atoms with Crippen LogP contribution in [0, 0.1) is 12.8 Å². The number of benzene rings is 1. The highest BCUT2D eigenvalue weighted by Crippen LogP contribution is 2.25. The van der Waals surface area contributed by atoms with Gasteiger partial charge in [0.1, 0.15) is 0 Å². The maximum Gasteiger partial charge on any atom is 0.238 e. The number of sulfonamides is 1. The van der Waals surface area contributed by atoms with Gasteiger partial charge in [0.25, 0.3) is 0 Å². The molecule has 1 heterocycles. The zero-order chi connectivity index (χ0) is 13.2. The fourth-order valence-corrected chi connectivity index (χ4v) is 3.79. The Hall–Kier alpha value is -0.720. The fourth-order valence-electron chi connectivity index (χ4n) is 1.97. The van der Waals surface area contributed by atoms with Crippen molar-refractivity contribution < 1.29 is 8.42 Å². The third-order valence-electron chi connectivity index (χ3n) is 3.14. The summed E-state index contributed by atoms with van der Waals surface area (Å²) in [4.78, 5) is 0.163. The van der Waals surface area contributed by atoms with E-state index < -0.39 is 10.0 Å². The Morgan fingerprint density at radius 3 is 2.89 bits per heavy atom. The third kappa shape index (κ3) is 3.40. The molecule has 0 aromatic heterocycles. The first-order valence-corrected chi connectivity index (χ1v) is 8.62. The molecule has 0 bridgehead atoms. The molecule has 18 heavy (non-hydrogen) atoms. The molecule has 2 rings (SSSR count). The zero-order valence-electron chi connectivity index (χ0n) is 10.3. The van der Waals surface area contributed by atoms with Crippen LogP contribution in [0.25, 0.3) is 0 Å². The van der Waals surface area contributed by atoms with Gasteiger partial charge in [-0.2, -0.15) is 11.8 Å². The fraction of sp³-hybridized carbons (Fsp3) is 0.500. The van der Waals surface area contributed by atoms with Crippen LogP contribution < -0.4 is 10.5 Å². The summed E-state index contributed by atoms with van der Waals surface area (Å²) in [7, 11) is -3.62. The summed E-state index contributed by atoms with van der Waals surface area (Å²) in [5.74, 6) is 3.08. The van der Waals surface area contributed by atoms with E-state index in [0.717, 1.165) is 17.8 Å². The summed E-state index contributed by atoms with van der Waals surface area (Å²) in [5.41, 5.74) is 1.89. The number of nitrogens with two attached hydrogens (primary N) is 1. The molecule has 1 unspecified atom stereocenters. The minimum atomic E-state index is -3.62. The average Bonchev–Trinajstić information content (AvgIpc) is 2.79. The van der Waals surface area contributed by atoms with Gasteiger partial charge in [0.05, 0.1) is 4.90 Å². The molecule has 6 heteroatoms. The molecule has 1 atom stereocenters. The molecule has 1 saturated heterocycles. The van der Waals surface area contributed by atoms with Gasteiger partial charge >= 0.3 is 0 Å². The first kappa shape index (κ1) is 13.7. The SMILES string of the molecule is Cc1ccc(S(N)(=O)=O)cc1NCC1CCSC1. The lowest BCUT2D eigenvalue weighted by molar-refractivity contribution is 0.597. The quantitative estimate of drug-likeness (QED) is 0.885. The van der Waals surface area contributed by atoms with Crippen molar-refractivity contribution in [1.82, 2.24) is 0 Å². The number of nitrogens with one attached hydrogen (secondary N) is 1. The Morgan fingerprint density at radius 1 is 1.50 bits per heavy atom. The normalized spacial score (nSPS) is 20.0. The minimum absolute atomic E-state index is 0.163. The second kappa shape index (κ2) is 5.50. The van der Waals surface area contributed by atoms with Gasteiger partial charge in [0, 0.05) is 12.2 Å². The third-order valence-corrected chi connectivity index (χ3v) is 5.29. The van der Waals surface area contributed by atoms with Crippen molar-refractivity contribution in [3.05, 3.63) is 23.8 Å². The van der Waals surface area contributed by atoms with Crippen LogP contribution >= 0.6 is 11.8 Å². The summed E-state index contributed by atoms with van der Waals surface area (Å²) in [6.07, 6.45) is 1.23. The first-order chi connectivity index (χ1) is 8.47. The van der Waals surface area contributed by atoms with Crippen molar-refractivity contribution in [2.45, 2.75) is 18.2 Å². The second-order valence-electron chi connectivity index (χ2n) is 4.63. The minimum Gasteiger partial charge on any atom is -0.384 e. The lowest BCUT2D eigenvalue weighted by Crippen LogP contribution is -2.16. The van der Waals surface area contributed by atoms with Crippen LogP contribution in [0.2, 0.25) is 0 Å². The van der Waals surface area contributed by atoms with Crippen LogP contribution in [-0.2, 0) is 10.0 Å². The number of anilines is 1. The molecule has 1 aromatic rings. The van der Waals surface area contributed by atoms with Crippen LogP contribution in [0.3, 0.4) is 0 Å². The zero-order valence-corrected chi connectivity index (χ0v) is 12.0. The Bertz CT molecular complexity index is 523. The Balaban J connectivity index is 2.11. The van der Waals surface area contributed by atoms with Gasteiger partial charge < -0.3 is 5.32 Å². The van der Waals surface area contributed by atoms with Crippen molar-refractivity contribution in [1.29, 1.82) is 0 Å². The van der Waals surface area contributed by atoms with E-state index in [1.165, 1.54) is 17.9 Å². The summed E-state index contributed by atoms with van der Waals surface area (Å²) in [6.45, 7) is 2.85. The van der Waals surface area contributed by atoms with E-state index in [9.17, 15) is 8.42 Å². The van der Waals surface area contributed by atoms with E-state index in [2.05, 4.69) is 5.32 Å². The highest BCUT2D eigenvalue weighted by molar-refractivity contribution is 7.99. The average molecular weight is 286 g/mol. The Morgan fingerprint density at radius 2 is 2.28 bits per heavy atom. The van der Waals surface area contributed by atoms with Crippen LogP contribution in [0.5, 0.6) is 0 Å². The lowest BCUT2D eigenvalue weighted by atomic mass is 10.1. The molecular formula is C12H18N2O2S2. The maximum atomic E-state index is 11.3. The van der Waals surface area contributed by atoms with Crippen LogP contribution in [0.15, 0.2) is 23.1 Å².